The number of nitrogens with two attached hydrogens (primary N) is 2. The molecular weight excluding hydrogens is 256 g/mol. The molecule has 1 aromatic carbocycles. The highest BCUT2D eigenvalue weighted by Crippen LogP contribution is 2.22. The van der Waals surface area contributed by atoms with E-state index >= 15 is 0 Å². The van der Waals surface area contributed by atoms with Crippen LogP contribution in [0.4, 0.5) is 5.82 Å². The average Bonchev–Trinajstić information content (AvgIpc) is 2.54. The number of thiocarbonyl (C=S) groups is 1. The highest BCUT2D eigenvalue weighted by Gasteiger charge is 2.15. The van der Waals surface area contributed by atoms with Crippen LogP contribution in [0.1, 0.15) is 11.3 Å². The first kappa shape index (κ1) is 11.9. The summed E-state index contributed by atoms with van der Waals surface area (Å²) in [6.07, 6.45) is 0. The zero-order valence-corrected chi connectivity index (χ0v) is 10.7. The lowest BCUT2D eigenvalue weighted by atomic mass is 10.2. The van der Waals surface area contributed by atoms with E-state index in [4.69, 9.17) is 35.3 Å². The molecule has 0 amide bonds. The lowest BCUT2D eigenvalue weighted by Crippen LogP contribution is -2.13. The van der Waals surface area contributed by atoms with Gasteiger partial charge in [0, 0.05) is 5.02 Å². The third-order valence-corrected chi connectivity index (χ3v) is 2.83. The van der Waals surface area contributed by atoms with Crippen molar-refractivity contribution in [2.45, 2.75) is 6.92 Å². The van der Waals surface area contributed by atoms with Crippen molar-refractivity contribution in [3.05, 3.63) is 40.5 Å². The molecule has 1 heterocycles. The second-order valence-electron chi connectivity index (χ2n) is 3.60. The van der Waals surface area contributed by atoms with Crippen molar-refractivity contribution in [1.82, 2.24) is 9.78 Å². The van der Waals surface area contributed by atoms with Gasteiger partial charge < -0.3 is 11.5 Å². The molecule has 0 unspecified atom stereocenters. The minimum atomic E-state index is 0.244. The van der Waals surface area contributed by atoms with Crippen molar-refractivity contribution in [2.75, 3.05) is 5.73 Å². The van der Waals surface area contributed by atoms with Gasteiger partial charge in [0.2, 0.25) is 0 Å². The predicted molar refractivity (Wildman–Crippen MR) is 73.6 cm³/mol. The molecule has 1 aromatic heterocycles. The lowest BCUT2D eigenvalue weighted by molar-refractivity contribution is 0.872. The van der Waals surface area contributed by atoms with Gasteiger partial charge in [-0.2, -0.15) is 5.10 Å². The van der Waals surface area contributed by atoms with E-state index in [0.717, 1.165) is 5.69 Å². The van der Waals surface area contributed by atoms with E-state index in [1.807, 2.05) is 19.1 Å². The molecule has 17 heavy (non-hydrogen) atoms. The van der Waals surface area contributed by atoms with Crippen LogP contribution in [0, 0.1) is 6.92 Å². The molecule has 88 valence electrons. The van der Waals surface area contributed by atoms with Gasteiger partial charge in [-0.05, 0) is 25.1 Å². The molecular formula is C11H11ClN4S. The van der Waals surface area contributed by atoms with Crippen molar-refractivity contribution in [1.29, 1.82) is 0 Å². The summed E-state index contributed by atoms with van der Waals surface area (Å²) < 4.78 is 1.58. The number of halogens is 1. The smallest absolute Gasteiger partial charge is 0.137 e. The maximum atomic E-state index is 5.98. The molecule has 0 aliphatic rings. The first-order chi connectivity index (χ1) is 8.00. The molecule has 0 saturated heterocycles. The Morgan fingerprint density at radius 1 is 1.47 bits per heavy atom. The number of benzene rings is 1. The van der Waals surface area contributed by atoms with Crippen LogP contribution in [0.25, 0.3) is 5.69 Å². The average molecular weight is 267 g/mol. The summed E-state index contributed by atoms with van der Waals surface area (Å²) in [6, 6.07) is 7.24. The van der Waals surface area contributed by atoms with E-state index < -0.39 is 0 Å². The molecule has 0 radical (unpaired) electrons. The summed E-state index contributed by atoms with van der Waals surface area (Å²) in [5.74, 6) is 0.428. The number of rotatable bonds is 2. The molecule has 0 atom stereocenters. The maximum Gasteiger partial charge on any atom is 0.137 e. The van der Waals surface area contributed by atoms with Crippen LogP contribution in [-0.2, 0) is 0 Å². The first-order valence-corrected chi connectivity index (χ1v) is 5.70. The van der Waals surface area contributed by atoms with Crippen molar-refractivity contribution in [3.63, 3.8) is 0 Å². The number of nitrogens with zero attached hydrogens (tertiary/aromatic N) is 2. The van der Waals surface area contributed by atoms with Crippen LogP contribution in [0.15, 0.2) is 24.3 Å². The monoisotopic (exact) mass is 266 g/mol. The van der Waals surface area contributed by atoms with E-state index in [2.05, 4.69) is 5.10 Å². The highest BCUT2D eigenvalue weighted by molar-refractivity contribution is 7.80. The summed E-state index contributed by atoms with van der Waals surface area (Å²) in [7, 11) is 0. The van der Waals surface area contributed by atoms with E-state index in [-0.39, 0.29) is 4.99 Å². The van der Waals surface area contributed by atoms with Gasteiger partial charge in [0.15, 0.2) is 0 Å². The number of nitrogen functional groups attached to an aromatic ring is 1. The number of hydrogen-bond acceptors (Lipinski definition) is 3. The Morgan fingerprint density at radius 2 is 2.18 bits per heavy atom. The lowest BCUT2D eigenvalue weighted by Gasteiger charge is -2.04. The molecule has 0 saturated carbocycles. The zero-order valence-electron chi connectivity index (χ0n) is 9.14. The third-order valence-electron chi connectivity index (χ3n) is 2.40. The van der Waals surface area contributed by atoms with Gasteiger partial charge in [-0.3, -0.25) is 0 Å². The van der Waals surface area contributed by atoms with Gasteiger partial charge in [-0.25, -0.2) is 4.68 Å². The fraction of sp³-hybridized carbons (Fsp3) is 0.0909. The molecule has 2 rings (SSSR count). The summed E-state index contributed by atoms with van der Waals surface area (Å²) in [4.78, 5) is 0.244. The van der Waals surface area contributed by atoms with E-state index in [1.165, 1.54) is 0 Å². The van der Waals surface area contributed by atoms with Crippen molar-refractivity contribution in [3.8, 4) is 5.69 Å². The van der Waals surface area contributed by atoms with Crippen LogP contribution in [0.2, 0.25) is 5.02 Å². The van der Waals surface area contributed by atoms with Gasteiger partial charge in [0.25, 0.3) is 0 Å². The Kier molecular flexibility index (Phi) is 3.04. The summed E-state index contributed by atoms with van der Waals surface area (Å²) in [5, 5.41) is 4.93. The highest BCUT2D eigenvalue weighted by atomic mass is 35.5. The standard InChI is InChI=1S/C11H11ClN4S/c1-6-9(11(14)17)10(13)16(15-6)8-4-2-3-7(12)5-8/h2-5H,13H2,1H3,(H2,14,17). The predicted octanol–water partition coefficient (Wildman–Crippen LogP) is 2.05. The molecule has 0 spiro atoms. The molecule has 2 aromatic rings. The fourth-order valence-electron chi connectivity index (χ4n) is 1.65. The van der Waals surface area contributed by atoms with E-state index in [1.54, 1.807) is 16.8 Å². The number of aromatic nitrogens is 2. The Hall–Kier alpha value is -1.59. The Labute approximate surface area is 109 Å². The molecule has 4 nitrogen and oxygen atoms in total. The van der Waals surface area contributed by atoms with Gasteiger partial charge in [0.05, 0.1) is 16.9 Å². The summed E-state index contributed by atoms with van der Waals surface area (Å²) in [5.41, 5.74) is 13.7. The van der Waals surface area contributed by atoms with Crippen molar-refractivity contribution >= 4 is 34.6 Å². The maximum absolute atomic E-state index is 5.98. The van der Waals surface area contributed by atoms with Crippen LogP contribution in [0.3, 0.4) is 0 Å². The van der Waals surface area contributed by atoms with E-state index in [9.17, 15) is 0 Å². The Bertz CT molecular complexity index is 591. The molecule has 0 aliphatic carbocycles. The summed E-state index contributed by atoms with van der Waals surface area (Å²) in [6.45, 7) is 1.81. The Morgan fingerprint density at radius 3 is 2.71 bits per heavy atom. The second-order valence-corrected chi connectivity index (χ2v) is 4.48. The topological polar surface area (TPSA) is 69.9 Å². The number of aryl methyl sites for hydroxylation is 1. The normalized spacial score (nSPS) is 10.5. The minimum absolute atomic E-state index is 0.244. The minimum Gasteiger partial charge on any atom is -0.389 e. The van der Waals surface area contributed by atoms with Gasteiger partial charge in [0.1, 0.15) is 10.8 Å². The quantitative estimate of drug-likeness (QED) is 0.817. The number of anilines is 1. The SMILES string of the molecule is Cc1nn(-c2cccc(Cl)c2)c(N)c1C(N)=S. The molecule has 0 bridgehead atoms. The fourth-order valence-corrected chi connectivity index (χ4v) is 2.09. The van der Waals surface area contributed by atoms with Crippen LogP contribution < -0.4 is 11.5 Å². The third kappa shape index (κ3) is 2.11. The molecule has 4 N–H and O–H groups in total. The Balaban J connectivity index is 2.62. The second kappa shape index (κ2) is 4.35. The summed E-state index contributed by atoms with van der Waals surface area (Å²) >= 11 is 10.9. The van der Waals surface area contributed by atoms with Crippen LogP contribution >= 0.6 is 23.8 Å². The van der Waals surface area contributed by atoms with Crippen LogP contribution in [-0.4, -0.2) is 14.8 Å². The van der Waals surface area contributed by atoms with Gasteiger partial charge in [-0.15, -0.1) is 0 Å². The first-order valence-electron chi connectivity index (χ1n) is 4.91. The largest absolute Gasteiger partial charge is 0.389 e. The zero-order chi connectivity index (χ0) is 12.6. The molecule has 0 fully saturated rings. The molecule has 6 heteroatoms. The van der Waals surface area contributed by atoms with Crippen molar-refractivity contribution in [2.24, 2.45) is 5.73 Å². The van der Waals surface area contributed by atoms with E-state index in [0.29, 0.717) is 22.1 Å². The molecule has 0 aliphatic heterocycles. The number of hydrogen-bond donors (Lipinski definition) is 2. The van der Waals surface area contributed by atoms with Crippen molar-refractivity contribution < 1.29 is 0 Å². The van der Waals surface area contributed by atoms with Gasteiger partial charge in [-0.1, -0.05) is 29.9 Å². The van der Waals surface area contributed by atoms with Crippen LogP contribution in [0.5, 0.6) is 0 Å². The van der Waals surface area contributed by atoms with Gasteiger partial charge >= 0.3 is 0 Å².